The molecule has 2 aromatic heterocycles. The van der Waals surface area contributed by atoms with Crippen LogP contribution in [-0.2, 0) is 0 Å². The van der Waals surface area contributed by atoms with Gasteiger partial charge in [-0.2, -0.15) is 0 Å². The Morgan fingerprint density at radius 2 is 2.17 bits per heavy atom. The Bertz CT molecular complexity index is 738. The smallest absolute Gasteiger partial charge is 0.259 e. The number of aliphatic hydroxyl groups is 1. The van der Waals surface area contributed by atoms with E-state index in [0.29, 0.717) is 22.4 Å². The Morgan fingerprint density at radius 1 is 1.42 bits per heavy atom. The van der Waals surface area contributed by atoms with E-state index < -0.39 is 0 Å². The zero-order valence-corrected chi connectivity index (χ0v) is 14.5. The normalized spacial score (nSPS) is 21.4. The molecule has 1 amide bonds. The van der Waals surface area contributed by atoms with Crippen molar-refractivity contribution >= 4 is 17.0 Å². The van der Waals surface area contributed by atoms with Gasteiger partial charge < -0.3 is 14.9 Å². The molecule has 2 N–H and O–H groups in total. The highest BCUT2D eigenvalue weighted by Crippen LogP contribution is 2.27. The van der Waals surface area contributed by atoms with Crippen LogP contribution in [0.2, 0.25) is 0 Å². The largest absolute Gasteiger partial charge is 0.396 e. The highest BCUT2D eigenvalue weighted by atomic mass is 16.5. The molecule has 24 heavy (non-hydrogen) atoms. The number of hydrogen-bond donors (Lipinski definition) is 2. The molecule has 1 aliphatic rings. The summed E-state index contributed by atoms with van der Waals surface area (Å²) in [6.07, 6.45) is 4.05. The molecule has 2 aromatic rings. The second-order valence-electron chi connectivity index (χ2n) is 7.00. The average molecular weight is 331 g/mol. The number of nitrogens with one attached hydrogen (secondary N) is 1. The molecule has 0 spiro atoms. The van der Waals surface area contributed by atoms with E-state index in [1.807, 2.05) is 26.8 Å². The Balaban J connectivity index is 1.95. The third-order valence-corrected chi connectivity index (χ3v) is 4.93. The Morgan fingerprint density at radius 3 is 2.88 bits per heavy atom. The lowest BCUT2D eigenvalue weighted by Crippen LogP contribution is -2.43. The molecule has 1 aliphatic carbocycles. The lowest BCUT2D eigenvalue weighted by atomic mass is 9.85. The molecule has 6 nitrogen and oxygen atoms in total. The highest BCUT2D eigenvalue weighted by Gasteiger charge is 2.28. The fraction of sp³-hybridized carbons (Fsp3) is 0.611. The van der Waals surface area contributed by atoms with Crippen molar-refractivity contribution in [1.82, 2.24) is 15.5 Å². The Kier molecular flexibility index (Phi) is 4.85. The van der Waals surface area contributed by atoms with E-state index >= 15 is 0 Å². The first kappa shape index (κ1) is 16.9. The standard InChI is InChI=1S/C18H25N3O3/c1-10(2)15-8-13(16-11(3)21-24-18(16)20-15)17(23)19-14-7-5-4-6-12(14)9-22/h8,10,12,14,22H,4-7,9H2,1-3H3,(H,19,23). The Hall–Kier alpha value is -1.95. The minimum atomic E-state index is -0.138. The van der Waals surface area contributed by atoms with Crippen LogP contribution in [0, 0.1) is 12.8 Å². The van der Waals surface area contributed by atoms with Crippen molar-refractivity contribution in [2.24, 2.45) is 5.92 Å². The van der Waals surface area contributed by atoms with Gasteiger partial charge in [-0.1, -0.05) is 31.8 Å². The number of amides is 1. The Labute approximate surface area is 141 Å². The summed E-state index contributed by atoms with van der Waals surface area (Å²) in [4.78, 5) is 17.4. The summed E-state index contributed by atoms with van der Waals surface area (Å²) in [7, 11) is 0. The number of fused-ring (bicyclic) bond motifs is 1. The van der Waals surface area contributed by atoms with E-state index in [9.17, 15) is 9.90 Å². The van der Waals surface area contributed by atoms with Crippen LogP contribution >= 0.6 is 0 Å². The van der Waals surface area contributed by atoms with Crippen molar-refractivity contribution in [3.63, 3.8) is 0 Å². The molecule has 3 rings (SSSR count). The SMILES string of the molecule is Cc1noc2nc(C(C)C)cc(C(=O)NC3CCCCC3CO)c12. The predicted octanol–water partition coefficient (Wildman–Crippen LogP) is 2.94. The van der Waals surface area contributed by atoms with Crippen molar-refractivity contribution in [3.8, 4) is 0 Å². The van der Waals surface area contributed by atoms with Crippen LogP contribution in [0.3, 0.4) is 0 Å². The predicted molar refractivity (Wildman–Crippen MR) is 90.9 cm³/mol. The molecule has 0 bridgehead atoms. The van der Waals surface area contributed by atoms with E-state index in [0.717, 1.165) is 31.4 Å². The van der Waals surface area contributed by atoms with E-state index in [1.54, 1.807) is 0 Å². The first-order chi connectivity index (χ1) is 11.5. The number of aliphatic hydroxyl groups excluding tert-OH is 1. The maximum atomic E-state index is 12.9. The molecule has 130 valence electrons. The lowest BCUT2D eigenvalue weighted by Gasteiger charge is -2.31. The molecule has 0 radical (unpaired) electrons. The van der Waals surface area contributed by atoms with E-state index in [-0.39, 0.29) is 30.4 Å². The van der Waals surface area contributed by atoms with Crippen LogP contribution in [0.5, 0.6) is 0 Å². The summed E-state index contributed by atoms with van der Waals surface area (Å²) in [5, 5.41) is 17.3. The minimum Gasteiger partial charge on any atom is -0.396 e. The molecule has 0 saturated heterocycles. The summed E-state index contributed by atoms with van der Waals surface area (Å²) in [6.45, 7) is 5.99. The minimum absolute atomic E-state index is 0.0159. The quantitative estimate of drug-likeness (QED) is 0.899. The summed E-state index contributed by atoms with van der Waals surface area (Å²) in [5.74, 6) is 0.181. The summed E-state index contributed by atoms with van der Waals surface area (Å²) >= 11 is 0. The molecule has 6 heteroatoms. The van der Waals surface area contributed by atoms with Crippen LogP contribution in [-0.4, -0.2) is 33.8 Å². The number of aryl methyl sites for hydroxylation is 1. The number of carbonyl (C=O) groups excluding carboxylic acids is 1. The summed E-state index contributed by atoms with van der Waals surface area (Å²) in [6, 6.07) is 1.85. The van der Waals surface area contributed by atoms with Gasteiger partial charge in [0.25, 0.3) is 11.6 Å². The second-order valence-corrected chi connectivity index (χ2v) is 7.00. The highest BCUT2D eigenvalue weighted by molar-refractivity contribution is 6.06. The van der Waals surface area contributed by atoms with Crippen LogP contribution < -0.4 is 5.32 Å². The van der Waals surface area contributed by atoms with Crippen molar-refractivity contribution in [2.45, 2.75) is 58.4 Å². The fourth-order valence-electron chi connectivity index (χ4n) is 3.45. The van der Waals surface area contributed by atoms with Gasteiger partial charge in [-0.15, -0.1) is 0 Å². The average Bonchev–Trinajstić information content (AvgIpc) is 2.95. The number of nitrogens with zero attached hydrogens (tertiary/aromatic N) is 2. The zero-order chi connectivity index (χ0) is 17.3. The number of carbonyl (C=O) groups is 1. The van der Waals surface area contributed by atoms with Gasteiger partial charge in [0.05, 0.1) is 16.6 Å². The van der Waals surface area contributed by atoms with Gasteiger partial charge in [-0.25, -0.2) is 4.98 Å². The van der Waals surface area contributed by atoms with Gasteiger partial charge in [0.2, 0.25) is 0 Å². The maximum absolute atomic E-state index is 12.9. The molecule has 0 aliphatic heterocycles. The fourth-order valence-corrected chi connectivity index (χ4v) is 3.45. The van der Waals surface area contributed by atoms with Crippen LogP contribution in [0.1, 0.15) is 67.2 Å². The molecular weight excluding hydrogens is 306 g/mol. The van der Waals surface area contributed by atoms with Gasteiger partial charge in [0.15, 0.2) is 0 Å². The van der Waals surface area contributed by atoms with E-state index in [1.165, 1.54) is 0 Å². The lowest BCUT2D eigenvalue weighted by molar-refractivity contribution is 0.0874. The van der Waals surface area contributed by atoms with Crippen LogP contribution in [0.15, 0.2) is 10.6 Å². The third kappa shape index (κ3) is 3.15. The molecular formula is C18H25N3O3. The van der Waals surface area contributed by atoms with Crippen molar-refractivity contribution in [1.29, 1.82) is 0 Å². The van der Waals surface area contributed by atoms with E-state index in [4.69, 9.17) is 4.52 Å². The van der Waals surface area contributed by atoms with Gasteiger partial charge >= 0.3 is 0 Å². The first-order valence-electron chi connectivity index (χ1n) is 8.70. The third-order valence-electron chi connectivity index (χ3n) is 4.93. The van der Waals surface area contributed by atoms with Gasteiger partial charge in [-0.05, 0) is 31.7 Å². The molecule has 1 fully saturated rings. The molecule has 2 heterocycles. The number of aromatic nitrogens is 2. The number of rotatable bonds is 4. The summed E-state index contributed by atoms with van der Waals surface area (Å²) < 4.78 is 5.28. The molecule has 2 atom stereocenters. The second kappa shape index (κ2) is 6.89. The molecule has 0 aromatic carbocycles. The number of hydrogen-bond acceptors (Lipinski definition) is 5. The number of pyridine rings is 1. The van der Waals surface area contributed by atoms with Crippen LogP contribution in [0.4, 0.5) is 0 Å². The van der Waals surface area contributed by atoms with E-state index in [2.05, 4.69) is 15.5 Å². The summed E-state index contributed by atoms with van der Waals surface area (Å²) in [5.41, 5.74) is 2.45. The van der Waals surface area contributed by atoms with Gasteiger partial charge in [0, 0.05) is 24.3 Å². The van der Waals surface area contributed by atoms with Gasteiger partial charge in [-0.3, -0.25) is 4.79 Å². The topological polar surface area (TPSA) is 88.2 Å². The van der Waals surface area contributed by atoms with Crippen molar-refractivity contribution in [2.75, 3.05) is 6.61 Å². The van der Waals surface area contributed by atoms with Crippen molar-refractivity contribution < 1.29 is 14.4 Å². The van der Waals surface area contributed by atoms with Crippen molar-refractivity contribution in [3.05, 3.63) is 23.0 Å². The van der Waals surface area contributed by atoms with Crippen LogP contribution in [0.25, 0.3) is 11.1 Å². The molecule has 1 saturated carbocycles. The first-order valence-corrected chi connectivity index (χ1v) is 8.70. The van der Waals surface area contributed by atoms with Gasteiger partial charge in [0.1, 0.15) is 0 Å². The molecule has 2 unspecified atom stereocenters. The maximum Gasteiger partial charge on any atom is 0.259 e. The zero-order valence-electron chi connectivity index (χ0n) is 14.5. The monoisotopic (exact) mass is 331 g/mol.